The molecular formula is C24H32IN5. The zero-order chi connectivity index (χ0) is 19.9. The highest BCUT2D eigenvalue weighted by Crippen LogP contribution is 2.20. The summed E-state index contributed by atoms with van der Waals surface area (Å²) in [5, 5.41) is 7.08. The Morgan fingerprint density at radius 3 is 2.37 bits per heavy atom. The minimum atomic E-state index is 0. The molecule has 6 heteroatoms. The molecule has 0 radical (unpaired) electrons. The van der Waals surface area contributed by atoms with Crippen molar-refractivity contribution < 1.29 is 0 Å². The second-order valence-corrected chi connectivity index (χ2v) is 7.73. The summed E-state index contributed by atoms with van der Waals surface area (Å²) < 4.78 is 0. The van der Waals surface area contributed by atoms with Gasteiger partial charge in [0, 0.05) is 57.2 Å². The number of hydrogen-bond acceptors (Lipinski definition) is 3. The Morgan fingerprint density at radius 2 is 1.67 bits per heavy atom. The van der Waals surface area contributed by atoms with E-state index in [0.29, 0.717) is 6.04 Å². The number of aliphatic imine (C=N–C) groups is 1. The summed E-state index contributed by atoms with van der Waals surface area (Å²) in [6, 6.07) is 19.9. The standard InChI is InChI=1S/C24H31N5.HI/c1-25-24(26-18-20-11-13-23(14-12-20)28-15-5-6-16-28)27-21-8-7-17-29(19-21)22-9-3-2-4-10-22;/h2-6,9-14,21H,7-8,15-19H2,1H3,(H2,25,26,27);1H. The van der Waals surface area contributed by atoms with Gasteiger partial charge in [0.2, 0.25) is 0 Å². The van der Waals surface area contributed by atoms with Crippen LogP contribution in [0.4, 0.5) is 11.4 Å². The summed E-state index contributed by atoms with van der Waals surface area (Å²) >= 11 is 0. The van der Waals surface area contributed by atoms with Gasteiger partial charge in [-0.15, -0.1) is 24.0 Å². The minimum Gasteiger partial charge on any atom is -0.369 e. The van der Waals surface area contributed by atoms with E-state index in [1.54, 1.807) is 0 Å². The van der Waals surface area contributed by atoms with E-state index in [9.17, 15) is 0 Å². The third-order valence-corrected chi connectivity index (χ3v) is 5.69. The number of halogens is 1. The lowest BCUT2D eigenvalue weighted by Crippen LogP contribution is -2.51. The highest BCUT2D eigenvalue weighted by Gasteiger charge is 2.20. The van der Waals surface area contributed by atoms with Crippen molar-refractivity contribution >= 4 is 41.3 Å². The van der Waals surface area contributed by atoms with Gasteiger partial charge >= 0.3 is 0 Å². The molecular weight excluding hydrogens is 485 g/mol. The van der Waals surface area contributed by atoms with Crippen molar-refractivity contribution in [3.05, 3.63) is 72.3 Å². The Balaban J connectivity index is 0.00000256. The van der Waals surface area contributed by atoms with Gasteiger partial charge in [0.1, 0.15) is 0 Å². The van der Waals surface area contributed by atoms with Crippen LogP contribution in [0.1, 0.15) is 18.4 Å². The molecule has 1 fully saturated rings. The minimum absolute atomic E-state index is 0. The zero-order valence-electron chi connectivity index (χ0n) is 17.6. The van der Waals surface area contributed by atoms with Crippen LogP contribution in [0.15, 0.2) is 71.7 Å². The average Bonchev–Trinajstić information content (AvgIpc) is 3.33. The molecule has 0 aliphatic carbocycles. The van der Waals surface area contributed by atoms with E-state index in [1.807, 2.05) is 7.05 Å². The summed E-state index contributed by atoms with van der Waals surface area (Å²) in [4.78, 5) is 9.25. The molecule has 2 aliphatic heterocycles. The topological polar surface area (TPSA) is 42.9 Å². The highest BCUT2D eigenvalue weighted by molar-refractivity contribution is 14.0. The van der Waals surface area contributed by atoms with Gasteiger partial charge in [0.15, 0.2) is 5.96 Å². The molecule has 0 saturated carbocycles. The summed E-state index contributed by atoms with van der Waals surface area (Å²) in [7, 11) is 1.84. The van der Waals surface area contributed by atoms with Crippen LogP contribution in [-0.4, -0.2) is 45.2 Å². The molecule has 0 spiro atoms. The molecule has 5 nitrogen and oxygen atoms in total. The van der Waals surface area contributed by atoms with Crippen molar-refractivity contribution in [1.82, 2.24) is 10.6 Å². The molecule has 1 unspecified atom stereocenters. The van der Waals surface area contributed by atoms with Crippen molar-refractivity contribution in [2.45, 2.75) is 25.4 Å². The van der Waals surface area contributed by atoms with E-state index in [-0.39, 0.29) is 24.0 Å². The molecule has 0 bridgehead atoms. The Hall–Kier alpha value is -2.22. The molecule has 4 rings (SSSR count). The number of rotatable bonds is 5. The van der Waals surface area contributed by atoms with E-state index in [4.69, 9.17) is 0 Å². The second kappa shape index (κ2) is 11.2. The Morgan fingerprint density at radius 1 is 0.967 bits per heavy atom. The molecule has 160 valence electrons. The van der Waals surface area contributed by atoms with Gasteiger partial charge in [0.05, 0.1) is 0 Å². The van der Waals surface area contributed by atoms with Gasteiger partial charge in [-0.2, -0.15) is 0 Å². The van der Waals surface area contributed by atoms with Crippen LogP contribution in [-0.2, 0) is 6.54 Å². The molecule has 1 saturated heterocycles. The molecule has 0 amide bonds. The molecule has 2 N–H and O–H groups in total. The first-order chi connectivity index (χ1) is 14.3. The molecule has 1 atom stereocenters. The third kappa shape index (κ3) is 5.90. The molecule has 2 aromatic carbocycles. The van der Waals surface area contributed by atoms with E-state index in [0.717, 1.165) is 38.7 Å². The van der Waals surface area contributed by atoms with E-state index in [1.165, 1.54) is 29.8 Å². The average molecular weight is 517 g/mol. The van der Waals surface area contributed by atoms with Crippen LogP contribution >= 0.6 is 24.0 Å². The maximum atomic E-state index is 4.43. The van der Waals surface area contributed by atoms with Crippen LogP contribution < -0.4 is 20.4 Å². The number of nitrogens with one attached hydrogen (secondary N) is 2. The first kappa shape index (κ1) is 22.5. The lowest BCUT2D eigenvalue weighted by Gasteiger charge is -2.35. The SMILES string of the molecule is CN=C(NCc1ccc(N2CC=CC2)cc1)NC1CCCN(c2ccccc2)C1.I. The number of anilines is 2. The van der Waals surface area contributed by atoms with Crippen molar-refractivity contribution in [3.8, 4) is 0 Å². The number of guanidine groups is 1. The van der Waals surface area contributed by atoms with Gasteiger partial charge in [-0.25, -0.2) is 0 Å². The quantitative estimate of drug-likeness (QED) is 0.272. The van der Waals surface area contributed by atoms with Gasteiger partial charge in [0.25, 0.3) is 0 Å². The third-order valence-electron chi connectivity index (χ3n) is 5.69. The van der Waals surface area contributed by atoms with Crippen molar-refractivity contribution in [2.75, 3.05) is 43.0 Å². The van der Waals surface area contributed by atoms with E-state index >= 15 is 0 Å². The van der Waals surface area contributed by atoms with Crippen LogP contribution in [0.2, 0.25) is 0 Å². The Kier molecular flexibility index (Phi) is 8.42. The predicted molar refractivity (Wildman–Crippen MR) is 138 cm³/mol. The number of benzene rings is 2. The van der Waals surface area contributed by atoms with Crippen LogP contribution in [0.3, 0.4) is 0 Å². The first-order valence-electron chi connectivity index (χ1n) is 10.6. The maximum Gasteiger partial charge on any atom is 0.191 e. The molecule has 30 heavy (non-hydrogen) atoms. The molecule has 2 aromatic rings. The predicted octanol–water partition coefficient (Wildman–Crippen LogP) is 4.01. The monoisotopic (exact) mass is 517 g/mol. The zero-order valence-corrected chi connectivity index (χ0v) is 20.0. The maximum absolute atomic E-state index is 4.43. The van der Waals surface area contributed by atoms with Crippen LogP contribution in [0.25, 0.3) is 0 Å². The van der Waals surface area contributed by atoms with Crippen LogP contribution in [0, 0.1) is 0 Å². The van der Waals surface area contributed by atoms with Gasteiger partial charge in [-0.3, -0.25) is 4.99 Å². The fraction of sp³-hybridized carbons (Fsp3) is 0.375. The van der Waals surface area contributed by atoms with Gasteiger partial charge < -0.3 is 20.4 Å². The largest absolute Gasteiger partial charge is 0.369 e. The number of nitrogens with zero attached hydrogens (tertiary/aromatic N) is 3. The fourth-order valence-corrected chi connectivity index (χ4v) is 4.06. The van der Waals surface area contributed by atoms with Gasteiger partial charge in [-0.1, -0.05) is 42.5 Å². The van der Waals surface area contributed by atoms with E-state index < -0.39 is 0 Å². The lowest BCUT2D eigenvalue weighted by atomic mass is 10.0. The molecule has 2 aliphatic rings. The molecule has 2 heterocycles. The van der Waals surface area contributed by atoms with Crippen molar-refractivity contribution in [1.29, 1.82) is 0 Å². The summed E-state index contributed by atoms with van der Waals surface area (Å²) in [5.74, 6) is 0.873. The van der Waals surface area contributed by atoms with Crippen molar-refractivity contribution in [2.24, 2.45) is 4.99 Å². The van der Waals surface area contributed by atoms with Crippen LogP contribution in [0.5, 0.6) is 0 Å². The number of para-hydroxylation sites is 1. The normalized spacial score (nSPS) is 18.8. The molecule has 0 aromatic heterocycles. The number of hydrogen-bond donors (Lipinski definition) is 2. The lowest BCUT2D eigenvalue weighted by molar-refractivity contribution is 0.468. The summed E-state index contributed by atoms with van der Waals surface area (Å²) in [6.45, 7) is 4.91. The van der Waals surface area contributed by atoms with Gasteiger partial charge in [-0.05, 0) is 42.7 Å². The Bertz CT molecular complexity index is 826. The summed E-state index contributed by atoms with van der Waals surface area (Å²) in [5.41, 5.74) is 3.85. The smallest absolute Gasteiger partial charge is 0.191 e. The first-order valence-corrected chi connectivity index (χ1v) is 10.6. The second-order valence-electron chi connectivity index (χ2n) is 7.73. The Labute approximate surface area is 197 Å². The van der Waals surface area contributed by atoms with E-state index in [2.05, 4.69) is 92.2 Å². The van der Waals surface area contributed by atoms with Crippen molar-refractivity contribution in [3.63, 3.8) is 0 Å². The highest BCUT2D eigenvalue weighted by atomic mass is 127. The number of piperidine rings is 1. The summed E-state index contributed by atoms with van der Waals surface area (Å²) in [6.07, 6.45) is 6.80. The fourth-order valence-electron chi connectivity index (χ4n) is 4.06.